The molecule has 9 heteroatoms. The highest BCUT2D eigenvalue weighted by atomic mass is 32.1. The van der Waals surface area contributed by atoms with Gasteiger partial charge in [0.25, 0.3) is 5.89 Å². The molecule has 0 saturated heterocycles. The average Bonchev–Trinajstić information content (AvgIpc) is 3.26. The molecule has 172 valence electrons. The minimum Gasteiger partial charge on any atom is -0.494 e. The normalized spacial score (nSPS) is 16.4. The molecular weight excluding hydrogens is 446 g/mol. The van der Waals surface area contributed by atoms with Gasteiger partial charge in [-0.15, -0.1) is 0 Å². The number of aromatic nitrogens is 2. The molecule has 2 heterocycles. The van der Waals surface area contributed by atoms with E-state index in [2.05, 4.69) is 29.3 Å². The maximum atomic E-state index is 14.2. The van der Waals surface area contributed by atoms with Crippen molar-refractivity contribution in [2.75, 3.05) is 13.7 Å². The Morgan fingerprint density at radius 1 is 1.18 bits per heavy atom. The molecule has 0 saturated carbocycles. The summed E-state index contributed by atoms with van der Waals surface area (Å²) in [5, 5.41) is 7.97. The standard InChI is InChI=1S/C24H24F2N4O2S/c1-13(2)12-30-14(3)20(21(27-24(30)33)15-5-8-17(25)9-6-15)23-28-22(29-32-23)16-7-10-19(31-4)18(26)11-16/h5-11,13,21H,12H2,1-4H3,(H,27,33). The van der Waals surface area contributed by atoms with Crippen LogP contribution >= 0.6 is 12.2 Å². The molecule has 3 aromatic rings. The van der Waals surface area contributed by atoms with Crippen LogP contribution in [0.1, 0.15) is 38.3 Å². The Bertz CT molecular complexity index is 1210. The summed E-state index contributed by atoms with van der Waals surface area (Å²) >= 11 is 5.63. The number of methoxy groups -OCH3 is 1. The van der Waals surface area contributed by atoms with Gasteiger partial charge in [-0.3, -0.25) is 0 Å². The number of ether oxygens (including phenoxy) is 1. The van der Waals surface area contributed by atoms with Crippen molar-refractivity contribution in [3.05, 3.63) is 71.3 Å². The van der Waals surface area contributed by atoms with Crippen molar-refractivity contribution in [3.8, 4) is 17.1 Å². The molecule has 0 spiro atoms. The van der Waals surface area contributed by atoms with Gasteiger partial charge in [-0.05, 0) is 61.0 Å². The summed E-state index contributed by atoms with van der Waals surface area (Å²) < 4.78 is 38.4. The molecule has 2 aromatic carbocycles. The number of nitrogens with one attached hydrogen (secondary N) is 1. The molecule has 4 rings (SSSR count). The zero-order valence-corrected chi connectivity index (χ0v) is 19.5. The summed E-state index contributed by atoms with van der Waals surface area (Å²) in [6, 6.07) is 10.2. The highest BCUT2D eigenvalue weighted by Gasteiger charge is 2.34. The molecule has 1 atom stereocenters. The first-order valence-corrected chi connectivity index (χ1v) is 10.9. The van der Waals surface area contributed by atoms with Gasteiger partial charge in [-0.2, -0.15) is 4.98 Å². The number of allylic oxidation sites excluding steroid dienone is 1. The van der Waals surface area contributed by atoms with E-state index in [1.165, 1.54) is 31.4 Å². The predicted octanol–water partition coefficient (Wildman–Crippen LogP) is 5.34. The fourth-order valence-electron chi connectivity index (χ4n) is 3.80. The molecule has 33 heavy (non-hydrogen) atoms. The molecule has 6 nitrogen and oxygen atoms in total. The van der Waals surface area contributed by atoms with Crippen molar-refractivity contribution in [2.24, 2.45) is 5.92 Å². The van der Waals surface area contributed by atoms with Crippen LogP contribution in [0.25, 0.3) is 17.0 Å². The molecule has 0 bridgehead atoms. The van der Waals surface area contributed by atoms with Crippen LogP contribution in [0, 0.1) is 17.6 Å². The minimum atomic E-state index is -0.520. The molecule has 1 N–H and O–H groups in total. The molecule has 1 aliphatic rings. The third-order valence-electron chi connectivity index (χ3n) is 5.41. The van der Waals surface area contributed by atoms with E-state index in [0.29, 0.717) is 23.1 Å². The highest BCUT2D eigenvalue weighted by Crippen LogP contribution is 2.38. The van der Waals surface area contributed by atoms with Gasteiger partial charge in [-0.25, -0.2) is 8.78 Å². The van der Waals surface area contributed by atoms with Crippen molar-refractivity contribution in [1.82, 2.24) is 20.4 Å². The monoisotopic (exact) mass is 470 g/mol. The topological polar surface area (TPSA) is 63.4 Å². The van der Waals surface area contributed by atoms with Gasteiger partial charge in [-0.1, -0.05) is 31.1 Å². The number of thiocarbonyl (C=S) groups is 1. The Kier molecular flexibility index (Phi) is 6.42. The fraction of sp³-hybridized carbons (Fsp3) is 0.292. The van der Waals surface area contributed by atoms with Crippen LogP contribution < -0.4 is 10.1 Å². The van der Waals surface area contributed by atoms with Crippen molar-refractivity contribution < 1.29 is 18.0 Å². The molecule has 0 amide bonds. The van der Waals surface area contributed by atoms with Crippen molar-refractivity contribution in [2.45, 2.75) is 26.8 Å². The summed E-state index contributed by atoms with van der Waals surface area (Å²) in [6.07, 6.45) is 0. The minimum absolute atomic E-state index is 0.131. The highest BCUT2D eigenvalue weighted by molar-refractivity contribution is 7.80. The van der Waals surface area contributed by atoms with E-state index in [4.69, 9.17) is 21.5 Å². The Morgan fingerprint density at radius 2 is 1.91 bits per heavy atom. The van der Waals surface area contributed by atoms with Crippen LogP contribution in [-0.4, -0.2) is 33.8 Å². The van der Waals surface area contributed by atoms with Gasteiger partial charge in [0.15, 0.2) is 16.7 Å². The van der Waals surface area contributed by atoms with E-state index in [9.17, 15) is 8.78 Å². The van der Waals surface area contributed by atoms with Crippen LogP contribution in [0.4, 0.5) is 8.78 Å². The van der Waals surface area contributed by atoms with Crippen LogP contribution in [0.15, 0.2) is 52.7 Å². The lowest BCUT2D eigenvalue weighted by molar-refractivity contribution is 0.385. The van der Waals surface area contributed by atoms with Crippen molar-refractivity contribution in [1.29, 1.82) is 0 Å². The number of hydrogen-bond acceptors (Lipinski definition) is 5. The van der Waals surface area contributed by atoms with E-state index in [-0.39, 0.29) is 23.3 Å². The number of rotatable bonds is 6. The number of hydrogen-bond donors (Lipinski definition) is 1. The number of nitrogens with zero attached hydrogens (tertiary/aromatic N) is 3. The lowest BCUT2D eigenvalue weighted by Gasteiger charge is -2.38. The molecule has 1 aromatic heterocycles. The lowest BCUT2D eigenvalue weighted by Crippen LogP contribution is -2.47. The van der Waals surface area contributed by atoms with E-state index in [0.717, 1.165) is 16.8 Å². The van der Waals surface area contributed by atoms with Crippen LogP contribution in [-0.2, 0) is 0 Å². The van der Waals surface area contributed by atoms with E-state index < -0.39 is 11.9 Å². The van der Waals surface area contributed by atoms with Crippen LogP contribution in [0.3, 0.4) is 0 Å². The molecule has 1 unspecified atom stereocenters. The summed E-state index contributed by atoms with van der Waals surface area (Å²) in [7, 11) is 1.40. The van der Waals surface area contributed by atoms with Crippen LogP contribution in [0.5, 0.6) is 5.75 Å². The number of halogens is 2. The van der Waals surface area contributed by atoms with Crippen molar-refractivity contribution >= 4 is 22.9 Å². The average molecular weight is 471 g/mol. The van der Waals surface area contributed by atoms with Gasteiger partial charge < -0.3 is 19.5 Å². The van der Waals surface area contributed by atoms with Gasteiger partial charge in [0.05, 0.1) is 18.7 Å². The van der Waals surface area contributed by atoms with Crippen LogP contribution in [0.2, 0.25) is 0 Å². The van der Waals surface area contributed by atoms with Crippen molar-refractivity contribution in [3.63, 3.8) is 0 Å². The zero-order valence-electron chi connectivity index (χ0n) is 18.7. The first-order chi connectivity index (χ1) is 15.8. The second-order valence-corrected chi connectivity index (χ2v) is 8.60. The lowest BCUT2D eigenvalue weighted by atomic mass is 9.94. The first-order valence-electron chi connectivity index (χ1n) is 10.5. The summed E-state index contributed by atoms with van der Waals surface area (Å²) in [5.41, 5.74) is 2.84. The maximum absolute atomic E-state index is 14.2. The summed E-state index contributed by atoms with van der Waals surface area (Å²) in [5.74, 6) is 0.150. The molecule has 0 aliphatic carbocycles. The second kappa shape index (κ2) is 9.27. The van der Waals surface area contributed by atoms with Gasteiger partial charge in [0, 0.05) is 17.8 Å². The van der Waals surface area contributed by atoms with Gasteiger partial charge in [0.1, 0.15) is 5.82 Å². The molecule has 0 fully saturated rings. The Hall–Kier alpha value is -3.33. The van der Waals surface area contributed by atoms with E-state index >= 15 is 0 Å². The molecule has 1 aliphatic heterocycles. The quantitative estimate of drug-likeness (QED) is 0.488. The second-order valence-electron chi connectivity index (χ2n) is 8.21. The largest absolute Gasteiger partial charge is 0.494 e. The Labute approximate surface area is 196 Å². The third-order valence-corrected chi connectivity index (χ3v) is 5.75. The SMILES string of the molecule is COc1ccc(-c2noc(C3=C(C)N(CC(C)C)C(=S)NC3c3ccc(F)cc3)n2)cc1F. The zero-order chi connectivity index (χ0) is 23.7. The van der Waals surface area contributed by atoms with Gasteiger partial charge >= 0.3 is 0 Å². The van der Waals surface area contributed by atoms with E-state index in [1.54, 1.807) is 18.2 Å². The molecule has 0 radical (unpaired) electrons. The molecular formula is C24H24F2N4O2S. The Morgan fingerprint density at radius 3 is 2.55 bits per heavy atom. The summed E-state index contributed by atoms with van der Waals surface area (Å²) in [6.45, 7) is 6.84. The third kappa shape index (κ3) is 4.59. The fourth-order valence-corrected chi connectivity index (χ4v) is 4.13. The van der Waals surface area contributed by atoms with E-state index in [1.807, 2.05) is 11.8 Å². The maximum Gasteiger partial charge on any atom is 0.258 e. The Balaban J connectivity index is 1.80. The predicted molar refractivity (Wildman–Crippen MR) is 125 cm³/mol. The first kappa shape index (κ1) is 22.8. The summed E-state index contributed by atoms with van der Waals surface area (Å²) in [4.78, 5) is 6.55. The van der Waals surface area contributed by atoms with Gasteiger partial charge in [0.2, 0.25) is 5.82 Å². The number of benzene rings is 2. The smallest absolute Gasteiger partial charge is 0.258 e.